The lowest BCUT2D eigenvalue weighted by Gasteiger charge is -2.10. The summed E-state index contributed by atoms with van der Waals surface area (Å²) in [6.07, 6.45) is 1.47. The Bertz CT molecular complexity index is 911. The molecule has 0 aliphatic heterocycles. The Morgan fingerprint density at radius 2 is 1.83 bits per heavy atom. The zero-order valence-corrected chi connectivity index (χ0v) is 18.9. The van der Waals surface area contributed by atoms with Crippen molar-refractivity contribution in [2.24, 2.45) is 10.8 Å². The molecule has 8 nitrogen and oxygen atoms in total. The highest BCUT2D eigenvalue weighted by atomic mass is 79.9. The van der Waals surface area contributed by atoms with Crippen LogP contribution in [0.1, 0.15) is 22.8 Å². The summed E-state index contributed by atoms with van der Waals surface area (Å²) in [4.78, 5) is 23.2. The molecule has 0 heterocycles. The van der Waals surface area contributed by atoms with E-state index < -0.39 is 11.8 Å². The number of halogens is 2. The van der Waals surface area contributed by atoms with Crippen LogP contribution in [0.15, 0.2) is 44.4 Å². The van der Waals surface area contributed by atoms with Crippen molar-refractivity contribution in [3.8, 4) is 17.2 Å². The molecule has 2 aromatic carbocycles. The molecule has 0 unspecified atom stereocenters. The quantitative estimate of drug-likeness (QED) is 0.383. The molecule has 29 heavy (non-hydrogen) atoms. The van der Waals surface area contributed by atoms with Gasteiger partial charge >= 0.3 is 0 Å². The number of nitrogens with zero attached hydrogens (tertiary/aromatic N) is 1. The van der Waals surface area contributed by atoms with Gasteiger partial charge in [-0.15, -0.1) is 0 Å². The number of hydrogen-bond acceptors (Lipinski definition) is 6. The second-order valence-electron chi connectivity index (χ2n) is 5.57. The second-order valence-corrected chi connectivity index (χ2v) is 7.28. The molecule has 0 saturated heterocycles. The number of hydrazone groups is 1. The first-order valence-electron chi connectivity index (χ1n) is 8.40. The SMILES string of the molecule is CCOc1ccc(C(=O)N/N=C/c2cc(Br)c(OCC(N)=O)c(Br)c2)cc1OC. The summed E-state index contributed by atoms with van der Waals surface area (Å²) in [5.74, 6) is 0.475. The highest BCUT2D eigenvalue weighted by Crippen LogP contribution is 2.34. The fourth-order valence-corrected chi connectivity index (χ4v) is 3.70. The first-order valence-corrected chi connectivity index (χ1v) is 9.98. The molecule has 0 bridgehead atoms. The van der Waals surface area contributed by atoms with Crippen molar-refractivity contribution in [3.05, 3.63) is 50.4 Å². The lowest BCUT2D eigenvalue weighted by atomic mass is 10.2. The molecule has 2 rings (SSSR count). The van der Waals surface area contributed by atoms with Crippen LogP contribution < -0.4 is 25.4 Å². The predicted octanol–water partition coefficient (Wildman–Crippen LogP) is 3.25. The zero-order chi connectivity index (χ0) is 21.4. The molecule has 0 spiro atoms. The standard InChI is InChI=1S/C19H19Br2N3O5/c1-3-28-15-5-4-12(8-16(15)27-2)19(26)24-23-9-11-6-13(20)18(14(21)7-11)29-10-17(22)25/h4-9H,3,10H2,1-2H3,(H2,22,25)(H,24,26)/b23-9+. The number of amides is 2. The monoisotopic (exact) mass is 527 g/mol. The van der Waals surface area contributed by atoms with Gasteiger partial charge in [-0.05, 0) is 74.7 Å². The van der Waals surface area contributed by atoms with Crippen LogP contribution >= 0.6 is 31.9 Å². The van der Waals surface area contributed by atoms with Crippen molar-refractivity contribution in [1.29, 1.82) is 0 Å². The largest absolute Gasteiger partial charge is 0.493 e. The average molecular weight is 529 g/mol. The van der Waals surface area contributed by atoms with Gasteiger partial charge in [-0.3, -0.25) is 9.59 Å². The maximum atomic E-state index is 12.3. The van der Waals surface area contributed by atoms with E-state index in [1.807, 2.05) is 6.92 Å². The molecule has 0 aliphatic carbocycles. The number of methoxy groups -OCH3 is 1. The molecule has 0 atom stereocenters. The number of rotatable bonds is 9. The lowest BCUT2D eigenvalue weighted by Crippen LogP contribution is -2.20. The van der Waals surface area contributed by atoms with Gasteiger partial charge in [-0.1, -0.05) is 0 Å². The molecular weight excluding hydrogens is 510 g/mol. The molecule has 0 saturated carbocycles. The summed E-state index contributed by atoms with van der Waals surface area (Å²) in [5.41, 5.74) is 8.59. The molecule has 0 radical (unpaired) electrons. The second kappa shape index (κ2) is 10.8. The summed E-state index contributed by atoms with van der Waals surface area (Å²) >= 11 is 6.72. The van der Waals surface area contributed by atoms with Crippen LogP contribution in [0, 0.1) is 0 Å². The summed E-state index contributed by atoms with van der Waals surface area (Å²) in [5, 5.41) is 3.97. The highest BCUT2D eigenvalue weighted by molar-refractivity contribution is 9.11. The summed E-state index contributed by atoms with van der Waals surface area (Å²) in [7, 11) is 1.50. The molecule has 10 heteroatoms. The van der Waals surface area contributed by atoms with Crippen LogP contribution in [-0.2, 0) is 4.79 Å². The molecule has 0 aliphatic rings. The van der Waals surface area contributed by atoms with Gasteiger partial charge in [0.2, 0.25) is 0 Å². The third kappa shape index (κ3) is 6.47. The molecule has 154 valence electrons. The predicted molar refractivity (Wildman–Crippen MR) is 116 cm³/mol. The molecule has 2 aromatic rings. The van der Waals surface area contributed by atoms with E-state index in [1.165, 1.54) is 13.3 Å². The molecule has 3 N–H and O–H groups in total. The van der Waals surface area contributed by atoms with Gasteiger partial charge in [0, 0.05) is 5.56 Å². The van der Waals surface area contributed by atoms with Crippen LogP contribution in [0.4, 0.5) is 0 Å². The van der Waals surface area contributed by atoms with E-state index in [-0.39, 0.29) is 6.61 Å². The minimum atomic E-state index is -0.580. The summed E-state index contributed by atoms with van der Waals surface area (Å²) in [6.45, 7) is 2.11. The van der Waals surface area contributed by atoms with Crippen molar-refractivity contribution in [1.82, 2.24) is 5.43 Å². The number of nitrogens with two attached hydrogens (primary N) is 1. The zero-order valence-electron chi connectivity index (χ0n) is 15.7. The molecular formula is C19H19Br2N3O5. The first kappa shape index (κ1) is 22.7. The van der Waals surface area contributed by atoms with Gasteiger partial charge < -0.3 is 19.9 Å². The lowest BCUT2D eigenvalue weighted by molar-refractivity contribution is -0.119. The van der Waals surface area contributed by atoms with Crippen molar-refractivity contribution >= 4 is 49.9 Å². The van der Waals surface area contributed by atoms with Gasteiger partial charge in [0.05, 0.1) is 28.9 Å². The van der Waals surface area contributed by atoms with Crippen LogP contribution in [-0.4, -0.2) is 38.4 Å². The van der Waals surface area contributed by atoms with Crippen LogP contribution in [0.5, 0.6) is 17.2 Å². The van der Waals surface area contributed by atoms with E-state index in [2.05, 4.69) is 42.4 Å². The van der Waals surface area contributed by atoms with Crippen molar-refractivity contribution in [3.63, 3.8) is 0 Å². The fraction of sp³-hybridized carbons (Fsp3) is 0.211. The Kier molecular flexibility index (Phi) is 8.47. The van der Waals surface area contributed by atoms with Gasteiger partial charge in [0.15, 0.2) is 18.1 Å². The van der Waals surface area contributed by atoms with Crippen LogP contribution in [0.3, 0.4) is 0 Å². The van der Waals surface area contributed by atoms with Crippen LogP contribution in [0.2, 0.25) is 0 Å². The highest BCUT2D eigenvalue weighted by Gasteiger charge is 2.12. The third-order valence-corrected chi connectivity index (χ3v) is 4.66. The van der Waals surface area contributed by atoms with E-state index in [0.717, 1.165) is 0 Å². The van der Waals surface area contributed by atoms with Crippen molar-refractivity contribution < 1.29 is 23.8 Å². The van der Waals surface area contributed by atoms with Crippen LogP contribution in [0.25, 0.3) is 0 Å². The smallest absolute Gasteiger partial charge is 0.271 e. The third-order valence-electron chi connectivity index (χ3n) is 3.48. The summed E-state index contributed by atoms with van der Waals surface area (Å²) in [6, 6.07) is 8.30. The number of primary amides is 1. The van der Waals surface area contributed by atoms with E-state index in [9.17, 15) is 9.59 Å². The van der Waals surface area contributed by atoms with Gasteiger partial charge in [-0.25, -0.2) is 5.43 Å². The topological polar surface area (TPSA) is 112 Å². The van der Waals surface area contributed by atoms with E-state index in [1.54, 1.807) is 30.3 Å². The molecule has 0 fully saturated rings. The number of carbonyl (C=O) groups is 2. The number of nitrogens with one attached hydrogen (secondary N) is 1. The van der Waals surface area contributed by atoms with E-state index in [0.29, 0.717) is 43.9 Å². The Labute approximate surface area is 184 Å². The number of benzene rings is 2. The first-order chi connectivity index (χ1) is 13.8. The van der Waals surface area contributed by atoms with Crippen molar-refractivity contribution in [2.45, 2.75) is 6.92 Å². The average Bonchev–Trinajstić information content (AvgIpc) is 2.67. The van der Waals surface area contributed by atoms with Crippen molar-refractivity contribution in [2.75, 3.05) is 20.3 Å². The van der Waals surface area contributed by atoms with Gasteiger partial charge in [0.25, 0.3) is 11.8 Å². The Balaban J connectivity index is 2.07. The van der Waals surface area contributed by atoms with E-state index in [4.69, 9.17) is 19.9 Å². The van der Waals surface area contributed by atoms with Gasteiger partial charge in [-0.2, -0.15) is 5.10 Å². The fourth-order valence-electron chi connectivity index (χ4n) is 2.25. The number of carbonyl (C=O) groups excluding carboxylic acids is 2. The Hall–Kier alpha value is -2.59. The maximum Gasteiger partial charge on any atom is 0.271 e. The normalized spacial score (nSPS) is 10.6. The summed E-state index contributed by atoms with van der Waals surface area (Å²) < 4.78 is 17.2. The number of hydrogen-bond donors (Lipinski definition) is 2. The maximum absolute atomic E-state index is 12.3. The molecule has 2 amide bonds. The van der Waals surface area contributed by atoms with E-state index >= 15 is 0 Å². The molecule has 0 aromatic heterocycles. The van der Waals surface area contributed by atoms with Gasteiger partial charge in [0.1, 0.15) is 5.75 Å². The number of ether oxygens (including phenoxy) is 3. The Morgan fingerprint density at radius 3 is 2.41 bits per heavy atom. The Morgan fingerprint density at radius 1 is 1.14 bits per heavy atom. The minimum Gasteiger partial charge on any atom is -0.493 e. The minimum absolute atomic E-state index is 0.244.